The Morgan fingerprint density at radius 2 is 1.67 bits per heavy atom. The van der Waals surface area contributed by atoms with Gasteiger partial charge in [0.15, 0.2) is 0 Å². The number of aromatic carboxylic acids is 1. The second-order valence-corrected chi connectivity index (χ2v) is 6.84. The van der Waals surface area contributed by atoms with E-state index in [4.69, 9.17) is 27.9 Å². The molecule has 0 saturated carbocycles. The van der Waals surface area contributed by atoms with E-state index in [0.29, 0.717) is 22.4 Å². The number of hydrogen-bond acceptors (Lipinski definition) is 4. The van der Waals surface area contributed by atoms with Crippen LogP contribution in [0.1, 0.15) is 33.0 Å². The molecule has 4 rings (SSSR count). The predicted octanol–water partition coefficient (Wildman–Crippen LogP) is 5.39. The van der Waals surface area contributed by atoms with Gasteiger partial charge in [0.25, 0.3) is 0 Å². The van der Waals surface area contributed by atoms with Crippen molar-refractivity contribution in [1.82, 2.24) is 0 Å². The summed E-state index contributed by atoms with van der Waals surface area (Å²) in [5.41, 5.74) is 1.67. The molecule has 1 atom stereocenters. The molecule has 0 fully saturated rings. The van der Waals surface area contributed by atoms with Crippen LogP contribution >= 0.6 is 23.2 Å². The van der Waals surface area contributed by atoms with Crippen molar-refractivity contribution < 1.29 is 24.9 Å². The van der Waals surface area contributed by atoms with Gasteiger partial charge in [-0.05, 0) is 17.7 Å². The zero-order chi connectivity index (χ0) is 19.3. The Morgan fingerprint density at radius 1 is 0.926 bits per heavy atom. The van der Waals surface area contributed by atoms with E-state index in [0.717, 1.165) is 0 Å². The zero-order valence-corrected chi connectivity index (χ0v) is 15.1. The summed E-state index contributed by atoms with van der Waals surface area (Å²) in [6, 6.07) is 12.4. The average molecular weight is 403 g/mol. The Bertz CT molecular complexity index is 1090. The maximum absolute atomic E-state index is 11.8. The van der Waals surface area contributed by atoms with Crippen LogP contribution in [-0.4, -0.2) is 21.3 Å². The van der Waals surface area contributed by atoms with Gasteiger partial charge in [0, 0.05) is 29.2 Å². The molecule has 0 aliphatic carbocycles. The third-order valence-corrected chi connectivity index (χ3v) is 5.38. The highest BCUT2D eigenvalue weighted by molar-refractivity contribution is 6.43. The summed E-state index contributed by atoms with van der Waals surface area (Å²) < 4.78 is 5.82. The molecule has 0 aromatic heterocycles. The number of fused-ring (bicyclic) bond motifs is 2. The van der Waals surface area contributed by atoms with Gasteiger partial charge in [0.05, 0.1) is 10.6 Å². The minimum absolute atomic E-state index is 0.00764. The van der Waals surface area contributed by atoms with E-state index < -0.39 is 11.9 Å². The summed E-state index contributed by atoms with van der Waals surface area (Å²) in [6.45, 7) is 0. The van der Waals surface area contributed by atoms with Crippen molar-refractivity contribution in [3.05, 3.63) is 80.8 Å². The number of halogens is 2. The summed E-state index contributed by atoms with van der Waals surface area (Å²) in [7, 11) is 0. The number of hydrogen-bond donors (Lipinski definition) is 3. The van der Waals surface area contributed by atoms with Crippen LogP contribution in [0.2, 0.25) is 10.0 Å². The van der Waals surface area contributed by atoms with E-state index in [-0.39, 0.29) is 32.9 Å². The smallest absolute Gasteiger partial charge is 0.335 e. The van der Waals surface area contributed by atoms with Crippen molar-refractivity contribution in [3.8, 4) is 23.0 Å². The molecule has 0 bridgehead atoms. The normalized spacial score (nSPS) is 14.8. The molecule has 3 N–H and O–H groups in total. The van der Waals surface area contributed by atoms with Crippen molar-refractivity contribution in [3.63, 3.8) is 0 Å². The first-order valence-corrected chi connectivity index (χ1v) is 8.68. The molecule has 0 spiro atoms. The van der Waals surface area contributed by atoms with Gasteiger partial charge in [-0.2, -0.15) is 0 Å². The van der Waals surface area contributed by atoms with Crippen molar-refractivity contribution in [2.75, 3.05) is 0 Å². The van der Waals surface area contributed by atoms with Gasteiger partial charge in [-0.3, -0.25) is 0 Å². The molecule has 136 valence electrons. The molecule has 0 radical (unpaired) electrons. The summed E-state index contributed by atoms with van der Waals surface area (Å²) in [5, 5.41) is 29.5. The summed E-state index contributed by atoms with van der Waals surface area (Å²) in [4.78, 5) is 11.8. The minimum atomic E-state index is -1.08. The summed E-state index contributed by atoms with van der Waals surface area (Å²) in [5.74, 6) is -1.38. The SMILES string of the molecule is O=C(O)c1ccccc1C1c2ccc(O)cc2Oc2cc(O)c(Cl)c(Cl)c21. The molecular formula is C20H12Cl2O5. The molecule has 1 aliphatic heterocycles. The first-order chi connectivity index (χ1) is 12.9. The standard InChI is InChI=1S/C20H12Cl2O5/c21-18-13(24)8-15-17(19(18)22)16(10-3-1-2-4-11(10)20(25)26)12-6-5-9(23)7-14(12)27-15/h1-8,16,23-24H,(H,25,26). The molecule has 3 aromatic rings. The molecule has 0 amide bonds. The van der Waals surface area contributed by atoms with Crippen LogP contribution in [0, 0.1) is 0 Å². The maximum atomic E-state index is 11.8. The lowest BCUT2D eigenvalue weighted by Gasteiger charge is -2.30. The largest absolute Gasteiger partial charge is 0.508 e. The molecule has 0 saturated heterocycles. The van der Waals surface area contributed by atoms with Crippen molar-refractivity contribution in [2.45, 2.75) is 5.92 Å². The zero-order valence-electron chi connectivity index (χ0n) is 13.6. The third kappa shape index (κ3) is 2.76. The van der Waals surface area contributed by atoms with Gasteiger partial charge in [0.2, 0.25) is 0 Å². The van der Waals surface area contributed by atoms with Crippen LogP contribution in [0.15, 0.2) is 48.5 Å². The first kappa shape index (κ1) is 17.5. The summed E-state index contributed by atoms with van der Waals surface area (Å²) in [6.07, 6.45) is 0. The Hall–Kier alpha value is -2.89. The van der Waals surface area contributed by atoms with Crippen LogP contribution in [0.3, 0.4) is 0 Å². The lowest BCUT2D eigenvalue weighted by molar-refractivity contribution is 0.0695. The monoisotopic (exact) mass is 402 g/mol. The molecule has 5 nitrogen and oxygen atoms in total. The van der Waals surface area contributed by atoms with Crippen LogP contribution in [0.25, 0.3) is 0 Å². The van der Waals surface area contributed by atoms with Crippen LogP contribution < -0.4 is 4.74 Å². The number of phenolic OH excluding ortho intramolecular Hbond substituents is 2. The Balaban J connectivity index is 2.08. The molecule has 7 heteroatoms. The first-order valence-electron chi connectivity index (χ1n) is 7.92. The van der Waals surface area contributed by atoms with Crippen LogP contribution in [0.5, 0.6) is 23.0 Å². The van der Waals surface area contributed by atoms with Gasteiger partial charge < -0.3 is 20.1 Å². The molecule has 1 unspecified atom stereocenters. The average Bonchev–Trinajstić information content (AvgIpc) is 2.64. The van der Waals surface area contributed by atoms with E-state index >= 15 is 0 Å². The van der Waals surface area contributed by atoms with Crippen molar-refractivity contribution in [2.24, 2.45) is 0 Å². The van der Waals surface area contributed by atoms with E-state index in [1.807, 2.05) is 0 Å². The predicted molar refractivity (Wildman–Crippen MR) is 101 cm³/mol. The number of rotatable bonds is 2. The number of aromatic hydroxyl groups is 2. The lowest BCUT2D eigenvalue weighted by atomic mass is 9.80. The molecular weight excluding hydrogens is 391 g/mol. The van der Waals surface area contributed by atoms with Crippen LogP contribution in [-0.2, 0) is 0 Å². The maximum Gasteiger partial charge on any atom is 0.335 e. The van der Waals surface area contributed by atoms with Crippen molar-refractivity contribution in [1.29, 1.82) is 0 Å². The number of ether oxygens (including phenoxy) is 1. The van der Waals surface area contributed by atoms with Gasteiger partial charge >= 0.3 is 5.97 Å². The lowest BCUT2D eigenvalue weighted by Crippen LogP contribution is -2.15. The number of benzene rings is 3. The van der Waals surface area contributed by atoms with E-state index in [2.05, 4.69) is 0 Å². The highest BCUT2D eigenvalue weighted by atomic mass is 35.5. The Morgan fingerprint density at radius 3 is 2.41 bits per heavy atom. The Kier molecular flexibility index (Phi) is 4.13. The molecule has 27 heavy (non-hydrogen) atoms. The number of carbonyl (C=O) groups is 1. The van der Waals surface area contributed by atoms with Gasteiger partial charge in [-0.15, -0.1) is 0 Å². The number of carboxylic acid groups (broad SMARTS) is 1. The van der Waals surface area contributed by atoms with E-state index in [9.17, 15) is 20.1 Å². The molecule has 1 aliphatic rings. The Labute approximate surface area is 164 Å². The van der Waals surface area contributed by atoms with Gasteiger partial charge in [-0.25, -0.2) is 4.79 Å². The fourth-order valence-electron chi connectivity index (χ4n) is 3.35. The highest BCUT2D eigenvalue weighted by Crippen LogP contribution is 2.54. The second-order valence-electron chi connectivity index (χ2n) is 6.09. The van der Waals surface area contributed by atoms with E-state index in [1.54, 1.807) is 24.3 Å². The fraction of sp³-hybridized carbons (Fsp3) is 0.0500. The quantitative estimate of drug-likeness (QED) is 0.418. The molecule has 3 aromatic carbocycles. The summed E-state index contributed by atoms with van der Waals surface area (Å²) >= 11 is 12.6. The number of phenols is 2. The topological polar surface area (TPSA) is 87.0 Å². The minimum Gasteiger partial charge on any atom is -0.508 e. The van der Waals surface area contributed by atoms with Crippen LogP contribution in [0.4, 0.5) is 0 Å². The molecule has 1 heterocycles. The third-order valence-electron chi connectivity index (χ3n) is 4.51. The van der Waals surface area contributed by atoms with Gasteiger partial charge in [-0.1, -0.05) is 47.5 Å². The second kappa shape index (κ2) is 6.37. The van der Waals surface area contributed by atoms with Gasteiger partial charge in [0.1, 0.15) is 28.0 Å². The number of carboxylic acids is 1. The highest BCUT2D eigenvalue weighted by Gasteiger charge is 2.35. The van der Waals surface area contributed by atoms with E-state index in [1.165, 1.54) is 24.3 Å². The fourth-order valence-corrected chi connectivity index (χ4v) is 3.80. The van der Waals surface area contributed by atoms with Crippen molar-refractivity contribution >= 4 is 29.2 Å².